The molecule has 0 saturated heterocycles. The van der Waals surface area contributed by atoms with E-state index in [9.17, 15) is 9.59 Å². The Balaban J connectivity index is 1.80. The summed E-state index contributed by atoms with van der Waals surface area (Å²) < 4.78 is 5.13. The maximum atomic E-state index is 11.8. The number of aromatic nitrogens is 1. The zero-order valence-electron chi connectivity index (χ0n) is 13.6. The highest BCUT2D eigenvalue weighted by Gasteiger charge is 2.07. The molecule has 0 bridgehead atoms. The zero-order chi connectivity index (χ0) is 17.2. The summed E-state index contributed by atoms with van der Waals surface area (Å²) in [4.78, 5) is 27.6. The number of rotatable bonds is 7. The largest absolute Gasteiger partial charge is 0.462 e. The second kappa shape index (κ2) is 9.29. The van der Waals surface area contributed by atoms with Crippen molar-refractivity contribution >= 4 is 17.7 Å². The number of urea groups is 1. The lowest BCUT2D eigenvalue weighted by Crippen LogP contribution is -2.28. The van der Waals surface area contributed by atoms with Gasteiger partial charge in [0.2, 0.25) is 0 Å². The molecule has 2 amide bonds. The van der Waals surface area contributed by atoms with Gasteiger partial charge >= 0.3 is 12.0 Å². The summed E-state index contributed by atoms with van der Waals surface area (Å²) in [6.45, 7) is 2.85. The van der Waals surface area contributed by atoms with Gasteiger partial charge < -0.3 is 15.4 Å². The summed E-state index contributed by atoms with van der Waals surface area (Å²) >= 11 is 0. The van der Waals surface area contributed by atoms with Crippen LogP contribution in [0.3, 0.4) is 0 Å². The van der Waals surface area contributed by atoms with Gasteiger partial charge in [0, 0.05) is 24.6 Å². The molecule has 0 unspecified atom stereocenters. The molecular weight excluding hydrogens is 306 g/mol. The number of hydrogen-bond donors (Lipinski definition) is 2. The Morgan fingerprint density at radius 3 is 2.62 bits per heavy atom. The Labute approximate surface area is 141 Å². The molecule has 1 aromatic carbocycles. The van der Waals surface area contributed by atoms with E-state index in [0.717, 1.165) is 18.4 Å². The summed E-state index contributed by atoms with van der Waals surface area (Å²) in [6.07, 6.45) is 5.20. The molecule has 0 aliphatic rings. The first-order chi connectivity index (χ1) is 11.7. The van der Waals surface area contributed by atoms with E-state index in [1.54, 1.807) is 36.7 Å². The van der Waals surface area contributed by atoms with Gasteiger partial charge in [-0.25, -0.2) is 9.59 Å². The van der Waals surface area contributed by atoms with Gasteiger partial charge in [-0.1, -0.05) is 19.4 Å². The average Bonchev–Trinajstić information content (AvgIpc) is 2.61. The molecule has 0 radical (unpaired) electrons. The van der Waals surface area contributed by atoms with Crippen LogP contribution >= 0.6 is 0 Å². The van der Waals surface area contributed by atoms with E-state index < -0.39 is 0 Å². The van der Waals surface area contributed by atoms with Crippen molar-refractivity contribution < 1.29 is 14.3 Å². The van der Waals surface area contributed by atoms with Crippen molar-refractivity contribution in [2.75, 3.05) is 11.9 Å². The lowest BCUT2D eigenvalue weighted by molar-refractivity contribution is 0.0500. The number of esters is 1. The van der Waals surface area contributed by atoms with Crippen molar-refractivity contribution in [2.45, 2.75) is 26.3 Å². The summed E-state index contributed by atoms with van der Waals surface area (Å²) in [7, 11) is 0. The van der Waals surface area contributed by atoms with E-state index in [-0.39, 0.29) is 12.0 Å². The third kappa shape index (κ3) is 5.72. The highest BCUT2D eigenvalue weighted by Crippen LogP contribution is 2.11. The maximum Gasteiger partial charge on any atom is 0.338 e. The molecule has 6 heteroatoms. The van der Waals surface area contributed by atoms with Crippen LogP contribution < -0.4 is 10.6 Å². The minimum atomic E-state index is -0.351. The number of pyridine rings is 1. The van der Waals surface area contributed by atoms with E-state index in [4.69, 9.17) is 4.74 Å². The molecule has 1 aromatic heterocycles. The number of ether oxygens (including phenoxy) is 1. The van der Waals surface area contributed by atoms with Crippen molar-refractivity contribution in [3.05, 3.63) is 59.9 Å². The summed E-state index contributed by atoms with van der Waals surface area (Å²) in [5, 5.41) is 5.45. The Morgan fingerprint density at radius 2 is 1.96 bits per heavy atom. The SMILES string of the molecule is CCCCOC(=O)c1ccc(NC(=O)NCc2cccnc2)cc1. The van der Waals surface area contributed by atoms with Crippen molar-refractivity contribution in [3.63, 3.8) is 0 Å². The van der Waals surface area contributed by atoms with Crippen LogP contribution in [0.2, 0.25) is 0 Å². The number of amides is 2. The predicted molar refractivity (Wildman–Crippen MR) is 91.7 cm³/mol. The Bertz CT molecular complexity index is 657. The highest BCUT2D eigenvalue weighted by atomic mass is 16.5. The van der Waals surface area contributed by atoms with Gasteiger partial charge in [-0.15, -0.1) is 0 Å². The van der Waals surface area contributed by atoms with Crippen LogP contribution in [0.4, 0.5) is 10.5 Å². The monoisotopic (exact) mass is 327 g/mol. The second-order valence-corrected chi connectivity index (χ2v) is 5.24. The predicted octanol–water partition coefficient (Wildman–Crippen LogP) is 3.36. The third-order valence-corrected chi connectivity index (χ3v) is 3.29. The Kier molecular flexibility index (Phi) is 6.76. The molecule has 0 aliphatic carbocycles. The molecule has 0 spiro atoms. The van der Waals surface area contributed by atoms with Gasteiger partial charge in [-0.05, 0) is 42.3 Å². The van der Waals surface area contributed by atoms with Gasteiger partial charge in [0.15, 0.2) is 0 Å². The molecule has 2 aromatic rings. The van der Waals surface area contributed by atoms with Crippen LogP contribution in [0.5, 0.6) is 0 Å². The molecule has 6 nitrogen and oxygen atoms in total. The molecular formula is C18H21N3O3. The second-order valence-electron chi connectivity index (χ2n) is 5.24. The average molecular weight is 327 g/mol. The fourth-order valence-corrected chi connectivity index (χ4v) is 1.94. The molecule has 1 heterocycles. The van der Waals surface area contributed by atoms with Crippen LogP contribution in [0.15, 0.2) is 48.8 Å². The van der Waals surface area contributed by atoms with Crippen molar-refractivity contribution in [2.24, 2.45) is 0 Å². The van der Waals surface area contributed by atoms with Crippen molar-refractivity contribution in [1.29, 1.82) is 0 Å². The smallest absolute Gasteiger partial charge is 0.338 e. The van der Waals surface area contributed by atoms with Crippen molar-refractivity contribution in [3.8, 4) is 0 Å². The summed E-state index contributed by atoms with van der Waals surface area (Å²) in [5.41, 5.74) is 1.98. The Hall–Kier alpha value is -2.89. The summed E-state index contributed by atoms with van der Waals surface area (Å²) in [5.74, 6) is -0.351. The first kappa shape index (κ1) is 17.5. The number of anilines is 1. The number of benzene rings is 1. The third-order valence-electron chi connectivity index (χ3n) is 3.29. The van der Waals surface area contributed by atoms with Crippen molar-refractivity contribution in [1.82, 2.24) is 10.3 Å². The number of nitrogens with one attached hydrogen (secondary N) is 2. The molecule has 2 rings (SSSR count). The standard InChI is InChI=1S/C18H21N3O3/c1-2-3-11-24-17(22)15-6-8-16(9-7-15)21-18(23)20-13-14-5-4-10-19-12-14/h4-10,12H,2-3,11,13H2,1H3,(H2,20,21,23). The summed E-state index contributed by atoms with van der Waals surface area (Å²) in [6, 6.07) is 9.97. The van der Waals surface area contributed by atoms with Gasteiger partial charge in [-0.3, -0.25) is 4.98 Å². The molecule has 0 saturated carbocycles. The minimum Gasteiger partial charge on any atom is -0.462 e. The van der Waals surface area contributed by atoms with Gasteiger partial charge in [0.05, 0.1) is 12.2 Å². The topological polar surface area (TPSA) is 80.3 Å². The highest BCUT2D eigenvalue weighted by molar-refractivity contribution is 5.92. The number of unbranched alkanes of at least 4 members (excludes halogenated alkanes) is 1. The fourth-order valence-electron chi connectivity index (χ4n) is 1.94. The number of carbonyl (C=O) groups excluding carboxylic acids is 2. The molecule has 2 N–H and O–H groups in total. The minimum absolute atomic E-state index is 0.322. The van der Waals surface area contributed by atoms with Crippen LogP contribution in [-0.4, -0.2) is 23.6 Å². The van der Waals surface area contributed by atoms with Crippen LogP contribution in [-0.2, 0) is 11.3 Å². The molecule has 0 fully saturated rings. The first-order valence-corrected chi connectivity index (χ1v) is 7.90. The van der Waals surface area contributed by atoms with Gasteiger partial charge in [-0.2, -0.15) is 0 Å². The van der Waals surface area contributed by atoms with E-state index in [2.05, 4.69) is 15.6 Å². The van der Waals surface area contributed by atoms with Crippen LogP contribution in [0.1, 0.15) is 35.7 Å². The quantitative estimate of drug-likeness (QED) is 0.603. The lowest BCUT2D eigenvalue weighted by atomic mass is 10.2. The number of nitrogens with zero attached hydrogens (tertiary/aromatic N) is 1. The number of hydrogen-bond acceptors (Lipinski definition) is 4. The maximum absolute atomic E-state index is 11.8. The van der Waals surface area contributed by atoms with Gasteiger partial charge in [0.1, 0.15) is 0 Å². The van der Waals surface area contributed by atoms with Gasteiger partial charge in [0.25, 0.3) is 0 Å². The van der Waals surface area contributed by atoms with Crippen LogP contribution in [0.25, 0.3) is 0 Å². The first-order valence-electron chi connectivity index (χ1n) is 7.90. The van der Waals surface area contributed by atoms with E-state index in [1.807, 2.05) is 19.1 Å². The molecule has 0 atom stereocenters. The van der Waals surface area contributed by atoms with E-state index >= 15 is 0 Å². The molecule has 0 aliphatic heterocycles. The Morgan fingerprint density at radius 1 is 1.17 bits per heavy atom. The lowest BCUT2D eigenvalue weighted by Gasteiger charge is -2.08. The normalized spacial score (nSPS) is 10.0. The molecule has 24 heavy (non-hydrogen) atoms. The van der Waals surface area contributed by atoms with E-state index in [1.165, 1.54) is 0 Å². The zero-order valence-corrected chi connectivity index (χ0v) is 13.6. The number of carbonyl (C=O) groups is 2. The van der Waals surface area contributed by atoms with Crippen LogP contribution in [0, 0.1) is 0 Å². The molecule has 126 valence electrons. The fraction of sp³-hybridized carbons (Fsp3) is 0.278. The van der Waals surface area contributed by atoms with E-state index in [0.29, 0.717) is 24.4 Å².